The number of fused-ring (bicyclic) bond motifs is 4. The van der Waals surface area contributed by atoms with E-state index in [0.29, 0.717) is 18.3 Å². The largest absolute Gasteiger partial charge is 0.478 e. The molecule has 0 spiro atoms. The van der Waals surface area contributed by atoms with Gasteiger partial charge in [-0.15, -0.1) is 0 Å². The number of rotatable bonds is 4. The molecule has 0 saturated heterocycles. The minimum atomic E-state index is -0.925. The number of carboxylic acids is 1. The smallest absolute Gasteiger partial charge is 0.335 e. The second-order valence-corrected chi connectivity index (χ2v) is 12.2. The molecule has 5 atom stereocenters. The fraction of sp³-hybridized carbons (Fsp3) is 0.412. The second kappa shape index (κ2) is 9.20. The minimum Gasteiger partial charge on any atom is -0.478 e. The summed E-state index contributed by atoms with van der Waals surface area (Å²) in [5.74, 6) is 0.524. The van der Waals surface area contributed by atoms with Gasteiger partial charge in [0.1, 0.15) is 0 Å². The van der Waals surface area contributed by atoms with E-state index in [-0.39, 0.29) is 22.7 Å². The quantitative estimate of drug-likeness (QED) is 0.428. The highest BCUT2D eigenvalue weighted by Gasteiger charge is 2.60. The highest BCUT2D eigenvalue weighted by molar-refractivity contribution is 5.93. The lowest BCUT2D eigenvalue weighted by Crippen LogP contribution is -2.50. The molecule has 2 fully saturated rings. The Labute approximate surface area is 224 Å². The average molecular weight is 509 g/mol. The average Bonchev–Trinajstić information content (AvgIpc) is 3.15. The molecule has 0 radical (unpaired) electrons. The molecule has 6 rings (SSSR count). The van der Waals surface area contributed by atoms with Crippen molar-refractivity contribution in [2.45, 2.75) is 70.3 Å². The summed E-state index contributed by atoms with van der Waals surface area (Å²) in [6.45, 7) is 4.36. The molecule has 0 aromatic heterocycles. The molecule has 2 aromatic rings. The van der Waals surface area contributed by atoms with Crippen LogP contribution in [-0.4, -0.2) is 27.6 Å². The summed E-state index contributed by atoms with van der Waals surface area (Å²) in [4.78, 5) is 23.5. The van der Waals surface area contributed by atoms with Gasteiger partial charge in [0.25, 0.3) is 0 Å². The summed E-state index contributed by atoms with van der Waals surface area (Å²) >= 11 is 0. The zero-order chi connectivity index (χ0) is 26.7. The van der Waals surface area contributed by atoms with Crippen LogP contribution in [0.15, 0.2) is 71.3 Å². The van der Waals surface area contributed by atoms with Gasteiger partial charge in [0.05, 0.1) is 11.2 Å². The van der Waals surface area contributed by atoms with Crippen LogP contribution in [0.1, 0.15) is 91.8 Å². The maximum absolute atomic E-state index is 12.2. The van der Waals surface area contributed by atoms with Crippen LogP contribution in [0.25, 0.3) is 12.2 Å². The monoisotopic (exact) mass is 508 g/mol. The molecule has 2 unspecified atom stereocenters. The maximum atomic E-state index is 12.2. The van der Waals surface area contributed by atoms with Gasteiger partial charge in [0, 0.05) is 17.8 Å². The topological polar surface area (TPSA) is 74.6 Å². The molecular formula is C34H36O4. The number of hydrogen-bond donors (Lipinski definition) is 2. The predicted molar refractivity (Wildman–Crippen MR) is 150 cm³/mol. The summed E-state index contributed by atoms with van der Waals surface area (Å²) in [6, 6.07) is 15.7. The van der Waals surface area contributed by atoms with Crippen LogP contribution in [0.4, 0.5) is 0 Å². The normalized spacial score (nSPS) is 32.6. The number of aliphatic hydroxyl groups is 1. The van der Waals surface area contributed by atoms with Gasteiger partial charge < -0.3 is 10.2 Å². The Morgan fingerprint density at radius 2 is 1.74 bits per heavy atom. The summed E-state index contributed by atoms with van der Waals surface area (Å²) in [7, 11) is 0. The van der Waals surface area contributed by atoms with E-state index < -0.39 is 11.6 Å². The van der Waals surface area contributed by atoms with Gasteiger partial charge >= 0.3 is 5.97 Å². The summed E-state index contributed by atoms with van der Waals surface area (Å²) in [6.07, 6.45) is 12.2. The van der Waals surface area contributed by atoms with Crippen molar-refractivity contribution in [1.29, 1.82) is 0 Å². The van der Waals surface area contributed by atoms with Crippen LogP contribution in [0.5, 0.6) is 0 Å². The number of carboxylic acid groups (broad SMARTS) is 1. The molecule has 2 saturated carbocycles. The third-order valence-corrected chi connectivity index (χ3v) is 10.2. The summed E-state index contributed by atoms with van der Waals surface area (Å²) in [5.41, 5.74) is 6.91. The summed E-state index contributed by atoms with van der Waals surface area (Å²) in [5, 5.41) is 20.8. The van der Waals surface area contributed by atoms with Gasteiger partial charge in [-0.3, -0.25) is 4.79 Å². The minimum absolute atomic E-state index is 0.133. The molecular weight excluding hydrogens is 472 g/mol. The van der Waals surface area contributed by atoms with Crippen molar-refractivity contribution >= 4 is 23.9 Å². The highest BCUT2D eigenvalue weighted by Crippen LogP contribution is 2.66. The lowest BCUT2D eigenvalue weighted by atomic mass is 9.51. The van der Waals surface area contributed by atoms with E-state index in [1.54, 1.807) is 23.8 Å². The van der Waals surface area contributed by atoms with Crippen molar-refractivity contribution in [3.8, 4) is 0 Å². The standard InChI is InChI=1S/C34H36O4/c1-33-20-29(23-10-8-21(9-11-23)6-7-22-4-3-5-25(18-22)32(36)37)31-27-15-13-26(35)19-24(27)12-14-28(31)30(33)16-17-34(33,2)38/h3-11,18-19,28-30,38H,12-17,20H2,1-2H3,(H,36,37)/b7-6+/t28?,29-,30?,33+,34+/m1/s1. The first-order chi connectivity index (χ1) is 18.2. The lowest BCUT2D eigenvalue weighted by molar-refractivity contribution is -0.114. The molecule has 0 heterocycles. The number of carbonyl (C=O) groups is 2. The van der Waals surface area contributed by atoms with E-state index in [9.17, 15) is 19.8 Å². The summed E-state index contributed by atoms with van der Waals surface area (Å²) < 4.78 is 0. The molecule has 2 N–H and O–H groups in total. The van der Waals surface area contributed by atoms with Crippen molar-refractivity contribution in [2.75, 3.05) is 0 Å². The van der Waals surface area contributed by atoms with E-state index in [0.717, 1.165) is 49.7 Å². The fourth-order valence-electron chi connectivity index (χ4n) is 7.99. The predicted octanol–water partition coefficient (Wildman–Crippen LogP) is 7.21. The Kier molecular flexibility index (Phi) is 6.07. The van der Waals surface area contributed by atoms with Gasteiger partial charge in [-0.1, -0.05) is 61.0 Å². The maximum Gasteiger partial charge on any atom is 0.335 e. The second-order valence-electron chi connectivity index (χ2n) is 12.2. The van der Waals surface area contributed by atoms with E-state index in [4.69, 9.17) is 0 Å². The van der Waals surface area contributed by atoms with Crippen molar-refractivity contribution in [3.63, 3.8) is 0 Å². The molecule has 38 heavy (non-hydrogen) atoms. The number of ketones is 1. The molecule has 4 aliphatic rings. The Balaban J connectivity index is 1.36. The number of carbonyl (C=O) groups excluding carboxylic acids is 1. The Bertz CT molecular complexity index is 1390. The van der Waals surface area contributed by atoms with E-state index in [1.165, 1.54) is 16.7 Å². The number of allylic oxidation sites excluding steroid dienone is 4. The molecule has 2 aromatic carbocycles. The number of benzene rings is 2. The van der Waals surface area contributed by atoms with Crippen molar-refractivity contribution < 1.29 is 19.8 Å². The molecule has 0 aliphatic heterocycles. The van der Waals surface area contributed by atoms with Crippen molar-refractivity contribution in [1.82, 2.24) is 0 Å². The van der Waals surface area contributed by atoms with Crippen LogP contribution >= 0.6 is 0 Å². The van der Waals surface area contributed by atoms with E-state index >= 15 is 0 Å². The zero-order valence-electron chi connectivity index (χ0n) is 22.2. The number of hydrogen-bond acceptors (Lipinski definition) is 3. The SMILES string of the molecule is C[C@]1(O)CCC2C3CCC4=CC(=O)CCC4=C3[C@@H](c3ccc(/C=C/c4cccc(C(=O)O)c4)cc3)C[C@@]21C. The molecule has 196 valence electrons. The van der Waals surface area contributed by atoms with Gasteiger partial charge in [-0.25, -0.2) is 4.79 Å². The van der Waals surface area contributed by atoms with Crippen LogP contribution in [0.2, 0.25) is 0 Å². The van der Waals surface area contributed by atoms with Crippen molar-refractivity contribution in [3.05, 3.63) is 93.6 Å². The molecule has 4 heteroatoms. The van der Waals surface area contributed by atoms with Gasteiger partial charge in [-0.2, -0.15) is 0 Å². The van der Waals surface area contributed by atoms with Crippen LogP contribution in [0.3, 0.4) is 0 Å². The molecule has 0 bridgehead atoms. The van der Waals surface area contributed by atoms with Crippen LogP contribution in [-0.2, 0) is 4.79 Å². The molecule has 4 aliphatic carbocycles. The molecule has 0 amide bonds. The van der Waals surface area contributed by atoms with E-state index in [1.807, 2.05) is 31.2 Å². The highest BCUT2D eigenvalue weighted by atomic mass is 16.4. The first kappa shape index (κ1) is 25.1. The zero-order valence-corrected chi connectivity index (χ0v) is 22.2. The Hall–Kier alpha value is -3.24. The fourth-order valence-corrected chi connectivity index (χ4v) is 7.99. The van der Waals surface area contributed by atoms with Gasteiger partial charge in [0.15, 0.2) is 5.78 Å². The first-order valence-corrected chi connectivity index (χ1v) is 14.0. The third kappa shape index (κ3) is 4.10. The van der Waals surface area contributed by atoms with Gasteiger partial charge in [0.2, 0.25) is 0 Å². The van der Waals surface area contributed by atoms with Crippen LogP contribution < -0.4 is 0 Å². The third-order valence-electron chi connectivity index (χ3n) is 10.2. The van der Waals surface area contributed by atoms with Crippen LogP contribution in [0, 0.1) is 17.3 Å². The molecule has 4 nitrogen and oxygen atoms in total. The van der Waals surface area contributed by atoms with Crippen molar-refractivity contribution in [2.24, 2.45) is 17.3 Å². The van der Waals surface area contributed by atoms with E-state index in [2.05, 4.69) is 31.2 Å². The number of aromatic carboxylic acids is 1. The lowest BCUT2D eigenvalue weighted by Gasteiger charge is -2.54. The Morgan fingerprint density at radius 3 is 2.50 bits per heavy atom. The first-order valence-electron chi connectivity index (χ1n) is 14.0. The van der Waals surface area contributed by atoms with Gasteiger partial charge in [-0.05, 0) is 103 Å². The Morgan fingerprint density at radius 1 is 0.974 bits per heavy atom.